The third-order valence-corrected chi connectivity index (χ3v) is 4.76. The predicted molar refractivity (Wildman–Crippen MR) is 94.3 cm³/mol. The van der Waals surface area contributed by atoms with Gasteiger partial charge in [-0.25, -0.2) is 4.39 Å². The maximum Gasteiger partial charge on any atom is 0.254 e. The van der Waals surface area contributed by atoms with Gasteiger partial charge in [0, 0.05) is 30.0 Å². The fourth-order valence-corrected chi connectivity index (χ4v) is 3.46. The van der Waals surface area contributed by atoms with Crippen molar-refractivity contribution in [2.75, 3.05) is 13.7 Å². The number of pyridine rings is 1. The number of likely N-dealkylation sites (tertiary alicyclic amines) is 1. The van der Waals surface area contributed by atoms with Crippen molar-refractivity contribution in [2.24, 2.45) is 0 Å². The van der Waals surface area contributed by atoms with E-state index < -0.39 is 5.82 Å². The van der Waals surface area contributed by atoms with Gasteiger partial charge in [0.2, 0.25) is 0 Å². The second-order valence-corrected chi connectivity index (χ2v) is 6.49. The number of hydrogen-bond acceptors (Lipinski definition) is 3. The van der Waals surface area contributed by atoms with E-state index in [4.69, 9.17) is 4.74 Å². The monoisotopic (exact) mass is 342 g/mol. The molecule has 0 unspecified atom stereocenters. The molecule has 4 nitrogen and oxygen atoms in total. The lowest BCUT2D eigenvalue weighted by Crippen LogP contribution is -2.35. The van der Waals surface area contributed by atoms with Crippen LogP contribution in [0.1, 0.15) is 40.9 Å². The fraction of sp³-hybridized carbons (Fsp3) is 0.400. The molecule has 0 radical (unpaired) electrons. The largest absolute Gasteiger partial charge is 0.494 e. The van der Waals surface area contributed by atoms with Gasteiger partial charge < -0.3 is 9.64 Å². The molecule has 0 bridgehead atoms. The quantitative estimate of drug-likeness (QED) is 0.830. The Bertz CT molecular complexity index is 763. The van der Waals surface area contributed by atoms with E-state index in [1.807, 2.05) is 24.1 Å². The van der Waals surface area contributed by atoms with Crippen LogP contribution in [0.4, 0.5) is 4.39 Å². The molecular weight excluding hydrogens is 319 g/mol. The van der Waals surface area contributed by atoms with E-state index in [0.717, 1.165) is 37.9 Å². The first-order valence-corrected chi connectivity index (χ1v) is 8.64. The number of carbonyl (C=O) groups excluding carboxylic acids is 1. The van der Waals surface area contributed by atoms with E-state index in [9.17, 15) is 9.18 Å². The zero-order valence-electron chi connectivity index (χ0n) is 14.7. The summed E-state index contributed by atoms with van der Waals surface area (Å²) in [6.07, 6.45) is 5.63. The highest BCUT2D eigenvalue weighted by atomic mass is 19.1. The Kier molecular flexibility index (Phi) is 5.31. The smallest absolute Gasteiger partial charge is 0.254 e. The van der Waals surface area contributed by atoms with Gasteiger partial charge in [0.15, 0.2) is 11.6 Å². The molecule has 2 heterocycles. The van der Waals surface area contributed by atoms with E-state index in [2.05, 4.69) is 11.1 Å². The molecule has 132 valence electrons. The van der Waals surface area contributed by atoms with Crippen molar-refractivity contribution in [2.45, 2.75) is 38.6 Å². The molecule has 2 aromatic rings. The van der Waals surface area contributed by atoms with Gasteiger partial charge in [-0.1, -0.05) is 0 Å². The van der Waals surface area contributed by atoms with Gasteiger partial charge in [0.05, 0.1) is 7.11 Å². The van der Waals surface area contributed by atoms with Crippen LogP contribution in [-0.2, 0) is 6.42 Å². The lowest BCUT2D eigenvalue weighted by Gasteiger charge is -2.25. The van der Waals surface area contributed by atoms with Crippen LogP contribution < -0.4 is 4.74 Å². The number of amides is 1. The number of carbonyl (C=O) groups is 1. The summed E-state index contributed by atoms with van der Waals surface area (Å²) in [6.45, 7) is 2.71. The van der Waals surface area contributed by atoms with Crippen LogP contribution in [0.15, 0.2) is 36.5 Å². The van der Waals surface area contributed by atoms with Crippen molar-refractivity contribution < 1.29 is 13.9 Å². The summed E-state index contributed by atoms with van der Waals surface area (Å²) < 4.78 is 18.8. The molecule has 1 aromatic heterocycles. The van der Waals surface area contributed by atoms with Crippen molar-refractivity contribution >= 4 is 5.91 Å². The Morgan fingerprint density at radius 2 is 2.20 bits per heavy atom. The molecule has 5 heteroatoms. The molecular formula is C20H23FN2O2. The second kappa shape index (κ2) is 7.64. The average molecular weight is 342 g/mol. The second-order valence-electron chi connectivity index (χ2n) is 6.49. The highest BCUT2D eigenvalue weighted by Crippen LogP contribution is 2.26. The molecule has 25 heavy (non-hydrogen) atoms. The molecule has 0 aliphatic carbocycles. The van der Waals surface area contributed by atoms with Crippen LogP contribution in [0.3, 0.4) is 0 Å². The molecule has 1 aliphatic heterocycles. The molecule has 1 aromatic carbocycles. The predicted octanol–water partition coefficient (Wildman–Crippen LogP) is 3.78. The minimum Gasteiger partial charge on any atom is -0.494 e. The zero-order valence-corrected chi connectivity index (χ0v) is 14.7. The molecule has 3 rings (SSSR count). The minimum absolute atomic E-state index is 0.102. The normalized spacial score (nSPS) is 16.9. The van der Waals surface area contributed by atoms with Crippen LogP contribution in [0, 0.1) is 12.7 Å². The number of halogens is 1. The summed E-state index contributed by atoms with van der Waals surface area (Å²) in [7, 11) is 1.41. The Morgan fingerprint density at radius 1 is 1.36 bits per heavy atom. The minimum atomic E-state index is -0.503. The summed E-state index contributed by atoms with van der Waals surface area (Å²) >= 11 is 0. The van der Waals surface area contributed by atoms with Gasteiger partial charge in [-0.05, 0) is 68.5 Å². The summed E-state index contributed by atoms with van der Waals surface area (Å²) in [6, 6.07) is 8.71. The lowest BCUT2D eigenvalue weighted by atomic mass is 10.0. The third-order valence-electron chi connectivity index (χ3n) is 4.76. The highest BCUT2D eigenvalue weighted by molar-refractivity contribution is 5.94. The van der Waals surface area contributed by atoms with E-state index in [0.29, 0.717) is 5.56 Å². The Morgan fingerprint density at radius 3 is 2.92 bits per heavy atom. The number of rotatable bonds is 5. The van der Waals surface area contributed by atoms with Gasteiger partial charge >= 0.3 is 0 Å². The average Bonchev–Trinajstić information content (AvgIpc) is 3.08. The number of benzene rings is 1. The number of aromatic nitrogens is 1. The number of ether oxygens (including phenoxy) is 1. The molecule has 0 saturated carbocycles. The first-order valence-electron chi connectivity index (χ1n) is 8.64. The third kappa shape index (κ3) is 3.98. The van der Waals surface area contributed by atoms with E-state index in [1.54, 1.807) is 6.07 Å². The molecule has 1 aliphatic rings. The van der Waals surface area contributed by atoms with Crippen LogP contribution in [-0.4, -0.2) is 35.5 Å². The number of aryl methyl sites for hydroxylation is 2. The summed E-state index contributed by atoms with van der Waals surface area (Å²) in [4.78, 5) is 18.9. The van der Waals surface area contributed by atoms with Crippen molar-refractivity contribution in [1.82, 2.24) is 9.88 Å². The molecule has 0 N–H and O–H groups in total. The molecule has 0 spiro atoms. The maximum absolute atomic E-state index is 13.9. The number of hydrogen-bond donors (Lipinski definition) is 0. The van der Waals surface area contributed by atoms with Crippen LogP contribution in [0.2, 0.25) is 0 Å². The standard InChI is InChI=1S/C20H23FN2O2/c1-14-12-15(9-10-22-14)5-7-17-4-3-11-23(17)20(24)16-6-8-19(25-2)18(21)13-16/h6,8-10,12-13,17H,3-5,7,11H2,1-2H3/t17-/m0/s1. The summed E-state index contributed by atoms with van der Waals surface area (Å²) in [5.74, 6) is -0.450. The summed E-state index contributed by atoms with van der Waals surface area (Å²) in [5.41, 5.74) is 2.62. The Hall–Kier alpha value is -2.43. The van der Waals surface area contributed by atoms with Crippen molar-refractivity contribution in [3.8, 4) is 5.75 Å². The topological polar surface area (TPSA) is 42.4 Å². The van der Waals surface area contributed by atoms with Crippen molar-refractivity contribution in [1.29, 1.82) is 0 Å². The maximum atomic E-state index is 13.9. The lowest BCUT2D eigenvalue weighted by molar-refractivity contribution is 0.0730. The van der Waals surface area contributed by atoms with E-state index in [1.165, 1.54) is 24.8 Å². The first kappa shape index (κ1) is 17.4. The van der Waals surface area contributed by atoms with Gasteiger partial charge in [-0.15, -0.1) is 0 Å². The van der Waals surface area contributed by atoms with Crippen LogP contribution in [0.5, 0.6) is 5.75 Å². The number of methoxy groups -OCH3 is 1. The number of nitrogens with zero attached hydrogens (tertiary/aromatic N) is 2. The molecule has 1 fully saturated rings. The van der Waals surface area contributed by atoms with Crippen molar-refractivity contribution in [3.05, 3.63) is 59.2 Å². The van der Waals surface area contributed by atoms with E-state index in [-0.39, 0.29) is 17.7 Å². The van der Waals surface area contributed by atoms with Gasteiger partial charge in [-0.3, -0.25) is 9.78 Å². The molecule has 1 amide bonds. The fourth-order valence-electron chi connectivity index (χ4n) is 3.46. The molecule has 1 saturated heterocycles. The Balaban J connectivity index is 1.68. The van der Waals surface area contributed by atoms with Gasteiger partial charge in [-0.2, -0.15) is 0 Å². The van der Waals surface area contributed by atoms with Crippen LogP contribution in [0.25, 0.3) is 0 Å². The van der Waals surface area contributed by atoms with Crippen LogP contribution >= 0.6 is 0 Å². The van der Waals surface area contributed by atoms with Gasteiger partial charge in [0.1, 0.15) is 0 Å². The van der Waals surface area contributed by atoms with Crippen molar-refractivity contribution in [3.63, 3.8) is 0 Å². The van der Waals surface area contributed by atoms with E-state index >= 15 is 0 Å². The zero-order chi connectivity index (χ0) is 17.8. The Labute approximate surface area is 147 Å². The summed E-state index contributed by atoms with van der Waals surface area (Å²) in [5, 5.41) is 0. The highest BCUT2D eigenvalue weighted by Gasteiger charge is 2.29. The molecule has 1 atom stereocenters. The van der Waals surface area contributed by atoms with Gasteiger partial charge in [0.25, 0.3) is 5.91 Å². The first-order chi connectivity index (χ1) is 12.1. The SMILES string of the molecule is COc1ccc(C(=O)N2CCC[C@H]2CCc2ccnc(C)c2)cc1F.